The highest BCUT2D eigenvalue weighted by molar-refractivity contribution is 7.80. The summed E-state index contributed by atoms with van der Waals surface area (Å²) in [5, 5.41) is 0. The van der Waals surface area contributed by atoms with Crippen LogP contribution in [-0.4, -0.2) is 28.6 Å². The van der Waals surface area contributed by atoms with Crippen LogP contribution in [0.5, 0.6) is 0 Å². The molecule has 0 saturated carbocycles. The molecule has 3 aromatic rings. The van der Waals surface area contributed by atoms with E-state index >= 15 is 0 Å². The molecule has 25 heavy (non-hydrogen) atoms. The van der Waals surface area contributed by atoms with Crippen LogP contribution in [-0.2, 0) is 13.0 Å². The molecule has 0 saturated heterocycles. The molecule has 3 rings (SSSR count). The Morgan fingerprint density at radius 3 is 2.52 bits per heavy atom. The number of nitrogens with two attached hydrogens (primary N) is 1. The quantitative estimate of drug-likeness (QED) is 0.694. The van der Waals surface area contributed by atoms with Crippen molar-refractivity contribution in [3.8, 4) is 0 Å². The molecule has 5 heteroatoms. The van der Waals surface area contributed by atoms with E-state index in [1.165, 1.54) is 11.3 Å². The van der Waals surface area contributed by atoms with Crippen molar-refractivity contribution in [2.24, 2.45) is 5.73 Å². The maximum absolute atomic E-state index is 5.85. The zero-order valence-electron chi connectivity index (χ0n) is 14.5. The van der Waals surface area contributed by atoms with Crippen molar-refractivity contribution in [2.75, 3.05) is 19.0 Å². The Kier molecular flexibility index (Phi) is 5.14. The van der Waals surface area contributed by atoms with Gasteiger partial charge < -0.3 is 15.2 Å². The Morgan fingerprint density at radius 2 is 1.84 bits per heavy atom. The first-order valence-electron chi connectivity index (χ1n) is 8.18. The molecule has 1 aromatic heterocycles. The number of aromatic nitrogens is 2. The van der Waals surface area contributed by atoms with E-state index in [1.807, 2.05) is 44.7 Å². The van der Waals surface area contributed by atoms with Gasteiger partial charge in [-0.2, -0.15) is 0 Å². The van der Waals surface area contributed by atoms with Crippen molar-refractivity contribution < 1.29 is 0 Å². The average Bonchev–Trinajstić information content (AvgIpc) is 3.02. The minimum atomic E-state index is 0.427. The summed E-state index contributed by atoms with van der Waals surface area (Å²) < 4.78 is 2.15. The predicted octanol–water partition coefficient (Wildman–Crippen LogP) is 3.22. The van der Waals surface area contributed by atoms with Gasteiger partial charge in [0.15, 0.2) is 0 Å². The molecule has 0 spiro atoms. The van der Waals surface area contributed by atoms with Gasteiger partial charge in [-0.1, -0.05) is 48.6 Å². The third kappa shape index (κ3) is 4.06. The lowest BCUT2D eigenvalue weighted by Crippen LogP contribution is -2.14. The van der Waals surface area contributed by atoms with Gasteiger partial charge in [0, 0.05) is 50.7 Å². The highest BCUT2D eigenvalue weighted by Crippen LogP contribution is 2.17. The summed E-state index contributed by atoms with van der Waals surface area (Å²) in [6, 6.07) is 16.6. The molecule has 0 amide bonds. The number of imidazole rings is 1. The maximum Gasteiger partial charge on any atom is 0.113 e. The van der Waals surface area contributed by atoms with Crippen LogP contribution in [0, 0.1) is 0 Å². The van der Waals surface area contributed by atoms with Crippen LogP contribution in [0.15, 0.2) is 60.9 Å². The third-order valence-corrected chi connectivity index (χ3v) is 4.46. The monoisotopic (exact) mass is 350 g/mol. The zero-order chi connectivity index (χ0) is 17.8. The summed E-state index contributed by atoms with van der Waals surface area (Å²) in [4.78, 5) is 7.05. The number of hydrogen-bond donors (Lipinski definition) is 1. The minimum Gasteiger partial charge on any atom is -0.389 e. The van der Waals surface area contributed by atoms with E-state index in [4.69, 9.17) is 18.0 Å². The van der Waals surface area contributed by atoms with Gasteiger partial charge >= 0.3 is 0 Å². The van der Waals surface area contributed by atoms with E-state index in [0.29, 0.717) is 11.5 Å². The molecule has 0 aliphatic heterocycles. The van der Waals surface area contributed by atoms with E-state index in [-0.39, 0.29) is 0 Å². The fourth-order valence-electron chi connectivity index (χ4n) is 2.83. The molecule has 2 aromatic carbocycles. The molecule has 2 N–H and O–H groups in total. The largest absolute Gasteiger partial charge is 0.389 e. The van der Waals surface area contributed by atoms with Crippen molar-refractivity contribution in [1.29, 1.82) is 0 Å². The van der Waals surface area contributed by atoms with Gasteiger partial charge in [0.25, 0.3) is 0 Å². The molecule has 0 aliphatic carbocycles. The van der Waals surface area contributed by atoms with Crippen molar-refractivity contribution in [2.45, 2.75) is 13.0 Å². The molecule has 0 bridgehead atoms. The second-order valence-corrected chi connectivity index (χ2v) is 6.67. The second kappa shape index (κ2) is 7.49. The molecule has 128 valence electrons. The molecule has 0 aliphatic rings. The lowest BCUT2D eigenvalue weighted by atomic mass is 10.1. The van der Waals surface area contributed by atoms with Crippen molar-refractivity contribution >= 4 is 22.9 Å². The summed E-state index contributed by atoms with van der Waals surface area (Å²) in [5.74, 6) is 1.02. The molecule has 4 nitrogen and oxygen atoms in total. The summed E-state index contributed by atoms with van der Waals surface area (Å²) in [7, 11) is 4.09. The molecular formula is C20H22N4S. The Balaban J connectivity index is 1.80. The molecule has 0 radical (unpaired) electrons. The number of hydrogen-bond acceptors (Lipinski definition) is 3. The van der Waals surface area contributed by atoms with Crippen LogP contribution in [0.3, 0.4) is 0 Å². The van der Waals surface area contributed by atoms with Gasteiger partial charge in [0.05, 0.1) is 0 Å². The van der Waals surface area contributed by atoms with E-state index in [0.717, 1.165) is 23.4 Å². The Morgan fingerprint density at radius 1 is 1.12 bits per heavy atom. The number of thiocarbonyl (C=S) groups is 1. The molecule has 0 atom stereocenters. The summed E-state index contributed by atoms with van der Waals surface area (Å²) in [6.07, 6.45) is 4.63. The summed E-state index contributed by atoms with van der Waals surface area (Å²) in [5.41, 5.74) is 10.3. The first-order chi connectivity index (χ1) is 12.0. The second-order valence-electron chi connectivity index (χ2n) is 6.23. The van der Waals surface area contributed by atoms with Crippen LogP contribution in [0.2, 0.25) is 0 Å². The number of rotatable bonds is 6. The van der Waals surface area contributed by atoms with Crippen LogP contribution in [0.4, 0.5) is 5.69 Å². The van der Waals surface area contributed by atoms with Gasteiger partial charge in [-0.05, 0) is 23.3 Å². The molecular weight excluding hydrogens is 328 g/mol. The van der Waals surface area contributed by atoms with Gasteiger partial charge in [0.1, 0.15) is 10.8 Å². The summed E-state index contributed by atoms with van der Waals surface area (Å²) in [6.45, 7) is 0.707. The SMILES string of the molecule is CN(C)c1ccc(Cc2nccn2Cc2ccccc2C(N)=S)cc1. The van der Waals surface area contributed by atoms with E-state index < -0.39 is 0 Å². The van der Waals surface area contributed by atoms with Crippen molar-refractivity contribution in [1.82, 2.24) is 9.55 Å². The van der Waals surface area contributed by atoms with Gasteiger partial charge in [0.2, 0.25) is 0 Å². The van der Waals surface area contributed by atoms with E-state index in [2.05, 4.69) is 44.8 Å². The predicted molar refractivity (Wildman–Crippen MR) is 107 cm³/mol. The highest BCUT2D eigenvalue weighted by atomic mass is 32.1. The zero-order valence-corrected chi connectivity index (χ0v) is 15.3. The number of benzene rings is 2. The Bertz CT molecular complexity index is 865. The van der Waals surface area contributed by atoms with Crippen LogP contribution >= 0.6 is 12.2 Å². The lowest BCUT2D eigenvalue weighted by Gasteiger charge is -2.14. The van der Waals surface area contributed by atoms with Gasteiger partial charge in [-0.3, -0.25) is 0 Å². The highest BCUT2D eigenvalue weighted by Gasteiger charge is 2.09. The van der Waals surface area contributed by atoms with Gasteiger partial charge in [-0.15, -0.1) is 0 Å². The Labute approximate surface area is 153 Å². The fourth-order valence-corrected chi connectivity index (χ4v) is 3.03. The van der Waals surface area contributed by atoms with Crippen molar-refractivity contribution in [3.05, 3.63) is 83.4 Å². The van der Waals surface area contributed by atoms with E-state index in [9.17, 15) is 0 Å². The van der Waals surface area contributed by atoms with Crippen LogP contribution < -0.4 is 10.6 Å². The van der Waals surface area contributed by atoms with Gasteiger partial charge in [-0.25, -0.2) is 4.98 Å². The molecule has 0 fully saturated rings. The minimum absolute atomic E-state index is 0.427. The van der Waals surface area contributed by atoms with E-state index in [1.54, 1.807) is 0 Å². The average molecular weight is 350 g/mol. The maximum atomic E-state index is 5.85. The normalized spacial score (nSPS) is 10.6. The fraction of sp³-hybridized carbons (Fsp3) is 0.200. The standard InChI is InChI=1S/C20H22N4S/c1-23(2)17-9-7-15(8-10-17)13-19-22-11-12-24(19)14-16-5-3-4-6-18(16)20(21)25/h3-12H,13-14H2,1-2H3,(H2,21,25). The van der Waals surface area contributed by atoms with Crippen LogP contribution in [0.1, 0.15) is 22.5 Å². The number of nitrogens with zero attached hydrogens (tertiary/aromatic N) is 3. The Hall–Kier alpha value is -2.66. The smallest absolute Gasteiger partial charge is 0.113 e. The third-order valence-electron chi connectivity index (χ3n) is 4.24. The lowest BCUT2D eigenvalue weighted by molar-refractivity contribution is 0.740. The first kappa shape index (κ1) is 17.2. The topological polar surface area (TPSA) is 47.1 Å². The first-order valence-corrected chi connectivity index (χ1v) is 8.59. The summed E-state index contributed by atoms with van der Waals surface area (Å²) >= 11 is 5.17. The van der Waals surface area contributed by atoms with Crippen molar-refractivity contribution in [3.63, 3.8) is 0 Å². The molecule has 0 unspecified atom stereocenters. The molecule has 1 heterocycles. The number of anilines is 1. The van der Waals surface area contributed by atoms with Crippen LogP contribution in [0.25, 0.3) is 0 Å².